The van der Waals surface area contributed by atoms with E-state index in [2.05, 4.69) is 16.8 Å². The van der Waals surface area contributed by atoms with Gasteiger partial charge >= 0.3 is 5.97 Å². The van der Waals surface area contributed by atoms with Gasteiger partial charge in [0.1, 0.15) is 6.26 Å². The summed E-state index contributed by atoms with van der Waals surface area (Å²) < 4.78 is 5.28. The second kappa shape index (κ2) is 6.10. The van der Waals surface area contributed by atoms with Crippen LogP contribution in [0, 0.1) is 0 Å². The Bertz CT molecular complexity index is 664. The van der Waals surface area contributed by atoms with E-state index in [1.54, 1.807) is 0 Å². The van der Waals surface area contributed by atoms with Crippen LogP contribution in [-0.4, -0.2) is 27.0 Å². The molecule has 1 heterocycles. The molecule has 116 valence electrons. The fourth-order valence-electron chi connectivity index (χ4n) is 2.56. The molecule has 6 heteroatoms. The van der Waals surface area contributed by atoms with Gasteiger partial charge in [-0.25, -0.2) is 9.78 Å². The highest BCUT2D eigenvalue weighted by Crippen LogP contribution is 2.35. The fourth-order valence-corrected chi connectivity index (χ4v) is 2.69. The monoisotopic (exact) mass is 320 g/mol. The first-order valence-corrected chi connectivity index (χ1v) is 7.61. The third-order valence-corrected chi connectivity index (χ3v) is 4.21. The molecule has 1 aliphatic rings. The van der Waals surface area contributed by atoms with E-state index in [9.17, 15) is 4.79 Å². The predicted molar refractivity (Wildman–Crippen MR) is 81.9 cm³/mol. The summed E-state index contributed by atoms with van der Waals surface area (Å²) in [5.74, 6) is -0.635. The summed E-state index contributed by atoms with van der Waals surface area (Å²) >= 11 is 5.94. The Kier molecular flexibility index (Phi) is 4.18. The van der Waals surface area contributed by atoms with Gasteiger partial charge in [0.2, 0.25) is 5.89 Å². The number of rotatable bonds is 6. The van der Waals surface area contributed by atoms with Crippen LogP contribution in [0.2, 0.25) is 5.02 Å². The van der Waals surface area contributed by atoms with Gasteiger partial charge in [-0.1, -0.05) is 23.7 Å². The minimum atomic E-state index is -1.07. The lowest BCUT2D eigenvalue weighted by Crippen LogP contribution is -2.29. The largest absolute Gasteiger partial charge is 0.476 e. The second-order valence-corrected chi connectivity index (χ2v) is 6.00. The first kappa shape index (κ1) is 15.1. The zero-order valence-corrected chi connectivity index (χ0v) is 13.0. The van der Waals surface area contributed by atoms with Gasteiger partial charge in [-0.15, -0.1) is 0 Å². The quantitative estimate of drug-likeness (QED) is 0.878. The number of carboxylic acids is 1. The summed E-state index contributed by atoms with van der Waals surface area (Å²) in [4.78, 5) is 17.2. The first-order valence-electron chi connectivity index (χ1n) is 7.23. The number of aromatic carboxylic acids is 1. The summed E-state index contributed by atoms with van der Waals surface area (Å²) in [5.41, 5.74) is 1.12. The highest BCUT2D eigenvalue weighted by atomic mass is 35.5. The molecule has 1 aromatic heterocycles. The van der Waals surface area contributed by atoms with Crippen LogP contribution >= 0.6 is 11.6 Å². The molecule has 0 radical (unpaired) electrons. The van der Waals surface area contributed by atoms with E-state index in [-0.39, 0.29) is 11.7 Å². The van der Waals surface area contributed by atoms with E-state index in [1.807, 2.05) is 24.3 Å². The van der Waals surface area contributed by atoms with Crippen LogP contribution < -0.4 is 0 Å². The van der Waals surface area contributed by atoms with Crippen LogP contribution in [0.3, 0.4) is 0 Å². The highest BCUT2D eigenvalue weighted by molar-refractivity contribution is 6.30. The van der Waals surface area contributed by atoms with Gasteiger partial charge in [-0.3, -0.25) is 4.90 Å². The molecule has 1 saturated carbocycles. The smallest absolute Gasteiger partial charge is 0.357 e. The normalized spacial score (nSPS) is 16.0. The third-order valence-electron chi connectivity index (χ3n) is 3.95. The standard InChI is InChI=1S/C16H17ClN2O3/c1-10(11-2-4-12(17)5-3-11)19(13-6-7-13)8-15-18-14(9-22-15)16(20)21/h2-5,9-10,13H,6-8H2,1H3,(H,20,21)/t10-/m0/s1. The summed E-state index contributed by atoms with van der Waals surface area (Å²) in [5, 5.41) is 9.63. The van der Waals surface area contributed by atoms with Crippen molar-refractivity contribution in [2.24, 2.45) is 0 Å². The van der Waals surface area contributed by atoms with Gasteiger partial charge in [0.15, 0.2) is 5.69 Å². The Morgan fingerprint density at radius 1 is 1.45 bits per heavy atom. The SMILES string of the molecule is C[C@@H](c1ccc(Cl)cc1)N(Cc1nc(C(=O)O)co1)C1CC1. The zero-order valence-electron chi connectivity index (χ0n) is 12.2. The first-order chi connectivity index (χ1) is 10.5. The number of oxazole rings is 1. The summed E-state index contributed by atoms with van der Waals surface area (Å²) in [6, 6.07) is 8.47. The average Bonchev–Trinajstić information content (AvgIpc) is 3.22. The minimum absolute atomic E-state index is 0.0510. The lowest BCUT2D eigenvalue weighted by atomic mass is 10.1. The van der Waals surface area contributed by atoms with E-state index < -0.39 is 5.97 Å². The van der Waals surface area contributed by atoms with Crippen molar-refractivity contribution in [1.82, 2.24) is 9.88 Å². The van der Waals surface area contributed by atoms with Crippen molar-refractivity contribution >= 4 is 17.6 Å². The second-order valence-electron chi connectivity index (χ2n) is 5.56. The molecular weight excluding hydrogens is 304 g/mol. The third kappa shape index (κ3) is 3.31. The van der Waals surface area contributed by atoms with E-state index in [0.717, 1.165) is 12.8 Å². The lowest BCUT2D eigenvalue weighted by Gasteiger charge is -2.28. The molecule has 2 aromatic rings. The van der Waals surface area contributed by atoms with Gasteiger partial charge in [-0.05, 0) is 37.5 Å². The Morgan fingerprint density at radius 3 is 2.68 bits per heavy atom. The van der Waals surface area contributed by atoms with Crippen molar-refractivity contribution in [3.8, 4) is 0 Å². The van der Waals surface area contributed by atoms with Crippen molar-refractivity contribution in [3.05, 3.63) is 52.7 Å². The molecular formula is C16H17ClN2O3. The van der Waals surface area contributed by atoms with Crippen LogP contribution in [0.4, 0.5) is 0 Å². The Balaban J connectivity index is 1.77. The van der Waals surface area contributed by atoms with Gasteiger partial charge in [0.05, 0.1) is 6.54 Å². The fraction of sp³-hybridized carbons (Fsp3) is 0.375. The molecule has 0 amide bonds. The number of carbonyl (C=O) groups is 1. The molecule has 1 fully saturated rings. The van der Waals surface area contributed by atoms with E-state index >= 15 is 0 Å². The van der Waals surface area contributed by atoms with Crippen molar-refractivity contribution in [1.29, 1.82) is 0 Å². The van der Waals surface area contributed by atoms with Crippen molar-refractivity contribution < 1.29 is 14.3 Å². The molecule has 5 nitrogen and oxygen atoms in total. The van der Waals surface area contributed by atoms with Crippen molar-refractivity contribution in [2.45, 2.75) is 38.4 Å². The maximum absolute atomic E-state index is 10.9. The molecule has 1 aliphatic carbocycles. The van der Waals surface area contributed by atoms with Gasteiger partial charge in [-0.2, -0.15) is 0 Å². The van der Waals surface area contributed by atoms with Crippen LogP contribution in [0.1, 0.15) is 47.7 Å². The molecule has 1 N–H and O–H groups in total. The van der Waals surface area contributed by atoms with Crippen LogP contribution in [-0.2, 0) is 6.54 Å². The van der Waals surface area contributed by atoms with Gasteiger partial charge in [0, 0.05) is 17.1 Å². The molecule has 0 spiro atoms. The number of carboxylic acid groups (broad SMARTS) is 1. The van der Waals surface area contributed by atoms with Gasteiger partial charge < -0.3 is 9.52 Å². The average molecular weight is 321 g/mol. The highest BCUT2D eigenvalue weighted by Gasteiger charge is 2.33. The number of halogens is 1. The van der Waals surface area contributed by atoms with Crippen LogP contribution in [0.15, 0.2) is 34.9 Å². The maximum atomic E-state index is 10.9. The maximum Gasteiger partial charge on any atom is 0.357 e. The number of nitrogens with zero attached hydrogens (tertiary/aromatic N) is 2. The Hall–Kier alpha value is -1.85. The number of benzene rings is 1. The van der Waals surface area contributed by atoms with Crippen LogP contribution in [0.5, 0.6) is 0 Å². The molecule has 0 bridgehead atoms. The Morgan fingerprint density at radius 2 is 2.14 bits per heavy atom. The number of hydrogen-bond acceptors (Lipinski definition) is 4. The topological polar surface area (TPSA) is 66.6 Å². The number of hydrogen-bond donors (Lipinski definition) is 1. The summed E-state index contributed by atoms with van der Waals surface area (Å²) in [7, 11) is 0. The summed E-state index contributed by atoms with van der Waals surface area (Å²) in [6.07, 6.45) is 3.48. The minimum Gasteiger partial charge on any atom is -0.476 e. The van der Waals surface area contributed by atoms with Crippen LogP contribution in [0.25, 0.3) is 0 Å². The van der Waals surface area contributed by atoms with E-state index in [4.69, 9.17) is 21.1 Å². The molecule has 3 rings (SSSR count). The molecule has 0 saturated heterocycles. The molecule has 22 heavy (non-hydrogen) atoms. The molecule has 1 aromatic carbocycles. The lowest BCUT2D eigenvalue weighted by molar-refractivity contribution is 0.0690. The van der Waals surface area contributed by atoms with Crippen molar-refractivity contribution in [2.75, 3.05) is 0 Å². The summed E-state index contributed by atoms with van der Waals surface area (Å²) in [6.45, 7) is 2.63. The van der Waals surface area contributed by atoms with Gasteiger partial charge in [0.25, 0.3) is 0 Å². The van der Waals surface area contributed by atoms with E-state index in [1.165, 1.54) is 11.8 Å². The van der Waals surface area contributed by atoms with E-state index in [0.29, 0.717) is 23.5 Å². The zero-order chi connectivity index (χ0) is 15.7. The molecule has 1 atom stereocenters. The Labute approximate surface area is 133 Å². The molecule has 0 aliphatic heterocycles. The predicted octanol–water partition coefficient (Wildman–Crippen LogP) is 3.75. The van der Waals surface area contributed by atoms with Crippen molar-refractivity contribution in [3.63, 3.8) is 0 Å². The molecule has 0 unspecified atom stereocenters. The number of aromatic nitrogens is 1.